The summed E-state index contributed by atoms with van der Waals surface area (Å²) in [6.07, 6.45) is 1.76. The largest absolute Gasteiger partial charge is 0.480 e. The maximum atomic E-state index is 12.3. The topological polar surface area (TPSA) is 105 Å². The first-order chi connectivity index (χ1) is 11.4. The summed E-state index contributed by atoms with van der Waals surface area (Å²) in [6, 6.07) is 6.93. The average molecular weight is 334 g/mol. The number of carboxylic acid groups (broad SMARTS) is 1. The lowest BCUT2D eigenvalue weighted by Gasteiger charge is -2.15. The van der Waals surface area contributed by atoms with Crippen molar-refractivity contribution in [3.8, 4) is 0 Å². The summed E-state index contributed by atoms with van der Waals surface area (Å²) in [5.74, 6) is -1.48. The van der Waals surface area contributed by atoms with Gasteiger partial charge in [0.2, 0.25) is 11.8 Å². The number of carbonyl (C=O) groups excluding carboxylic acids is 2. The Hall–Kier alpha value is -2.41. The van der Waals surface area contributed by atoms with Crippen LogP contribution < -0.4 is 10.6 Å². The number of anilines is 1. The average Bonchev–Trinajstić information content (AvgIpc) is 3.34. The number of carboxylic acids is 1. The van der Waals surface area contributed by atoms with Crippen LogP contribution in [0.4, 0.5) is 5.69 Å². The number of benzene rings is 1. The van der Waals surface area contributed by atoms with Gasteiger partial charge in [-0.3, -0.25) is 14.4 Å². The fourth-order valence-electron chi connectivity index (χ4n) is 2.28. The van der Waals surface area contributed by atoms with Crippen molar-refractivity contribution in [1.29, 1.82) is 0 Å². The summed E-state index contributed by atoms with van der Waals surface area (Å²) < 4.78 is 5.38. The Morgan fingerprint density at radius 1 is 1.21 bits per heavy atom. The quantitative estimate of drug-likeness (QED) is 0.629. The van der Waals surface area contributed by atoms with Gasteiger partial charge in [0.15, 0.2) is 0 Å². The molecule has 0 heterocycles. The standard InChI is InChI=1S/C17H22N2O5/c1-2-24-11-17(7-8-17)16(23)19-13-5-3-12(4-6-13)9-14(20)18-10-15(21)22/h3-6H,2,7-11H2,1H3,(H,18,20)(H,19,23)(H,21,22). The Kier molecular flexibility index (Phi) is 5.92. The molecule has 1 aromatic carbocycles. The zero-order valence-electron chi connectivity index (χ0n) is 13.6. The van der Waals surface area contributed by atoms with Gasteiger partial charge in [-0.2, -0.15) is 0 Å². The van der Waals surface area contributed by atoms with Crippen LogP contribution in [0.5, 0.6) is 0 Å². The van der Waals surface area contributed by atoms with Crippen LogP contribution in [0.25, 0.3) is 0 Å². The van der Waals surface area contributed by atoms with Crippen molar-refractivity contribution in [2.75, 3.05) is 25.1 Å². The van der Waals surface area contributed by atoms with E-state index in [0.29, 0.717) is 18.9 Å². The smallest absolute Gasteiger partial charge is 0.322 e. The van der Waals surface area contributed by atoms with Crippen LogP contribution in [0.2, 0.25) is 0 Å². The van der Waals surface area contributed by atoms with Crippen LogP contribution >= 0.6 is 0 Å². The van der Waals surface area contributed by atoms with E-state index in [0.717, 1.165) is 18.4 Å². The van der Waals surface area contributed by atoms with E-state index in [1.807, 2.05) is 6.92 Å². The molecule has 2 amide bonds. The van der Waals surface area contributed by atoms with Gasteiger partial charge in [0.1, 0.15) is 6.54 Å². The number of aliphatic carboxylic acids is 1. The van der Waals surface area contributed by atoms with E-state index in [1.54, 1.807) is 24.3 Å². The summed E-state index contributed by atoms with van der Waals surface area (Å²) in [4.78, 5) is 34.3. The molecule has 7 heteroatoms. The SMILES string of the molecule is CCOCC1(C(=O)Nc2ccc(CC(=O)NCC(=O)O)cc2)CC1. The minimum atomic E-state index is -1.08. The molecule has 2 rings (SSSR count). The Balaban J connectivity index is 1.85. The van der Waals surface area contributed by atoms with E-state index in [-0.39, 0.29) is 18.2 Å². The van der Waals surface area contributed by atoms with Gasteiger partial charge in [0.25, 0.3) is 0 Å². The molecular formula is C17H22N2O5. The lowest BCUT2D eigenvalue weighted by molar-refractivity contribution is -0.137. The summed E-state index contributed by atoms with van der Waals surface area (Å²) >= 11 is 0. The molecule has 0 aromatic heterocycles. The Morgan fingerprint density at radius 2 is 1.88 bits per heavy atom. The van der Waals surface area contributed by atoms with E-state index >= 15 is 0 Å². The third-order valence-electron chi connectivity index (χ3n) is 3.93. The van der Waals surface area contributed by atoms with Crippen molar-refractivity contribution in [3.63, 3.8) is 0 Å². The number of hydrogen-bond acceptors (Lipinski definition) is 4. The highest BCUT2D eigenvalue weighted by Crippen LogP contribution is 2.46. The highest BCUT2D eigenvalue weighted by Gasteiger charge is 2.50. The van der Waals surface area contributed by atoms with Gasteiger partial charge in [0, 0.05) is 12.3 Å². The molecule has 1 fully saturated rings. The fraction of sp³-hybridized carbons (Fsp3) is 0.471. The second-order valence-corrected chi connectivity index (χ2v) is 5.92. The predicted octanol–water partition coefficient (Wildman–Crippen LogP) is 1.19. The molecule has 1 aliphatic carbocycles. The number of hydrogen-bond donors (Lipinski definition) is 3. The molecule has 1 aliphatic rings. The molecule has 3 N–H and O–H groups in total. The van der Waals surface area contributed by atoms with Crippen LogP contribution in [0, 0.1) is 5.41 Å². The molecular weight excluding hydrogens is 312 g/mol. The molecule has 7 nitrogen and oxygen atoms in total. The number of carbonyl (C=O) groups is 3. The van der Waals surface area contributed by atoms with Crippen molar-refractivity contribution in [2.24, 2.45) is 5.41 Å². The molecule has 24 heavy (non-hydrogen) atoms. The molecule has 0 unspecified atom stereocenters. The van der Waals surface area contributed by atoms with Gasteiger partial charge in [-0.25, -0.2) is 0 Å². The maximum Gasteiger partial charge on any atom is 0.322 e. The molecule has 130 valence electrons. The third-order valence-corrected chi connectivity index (χ3v) is 3.93. The zero-order valence-corrected chi connectivity index (χ0v) is 13.6. The Labute approximate surface area is 140 Å². The van der Waals surface area contributed by atoms with E-state index in [4.69, 9.17) is 9.84 Å². The molecule has 0 atom stereocenters. The lowest BCUT2D eigenvalue weighted by atomic mass is 10.1. The van der Waals surface area contributed by atoms with Gasteiger partial charge in [0.05, 0.1) is 18.4 Å². The van der Waals surface area contributed by atoms with E-state index < -0.39 is 17.9 Å². The number of ether oxygens (including phenoxy) is 1. The van der Waals surface area contributed by atoms with Crippen LogP contribution in [0.1, 0.15) is 25.3 Å². The fourth-order valence-corrected chi connectivity index (χ4v) is 2.28. The third kappa shape index (κ3) is 5.06. The highest BCUT2D eigenvalue weighted by atomic mass is 16.5. The van der Waals surface area contributed by atoms with Crippen LogP contribution in [0.3, 0.4) is 0 Å². The number of amides is 2. The number of rotatable bonds is 9. The van der Waals surface area contributed by atoms with Gasteiger partial charge >= 0.3 is 5.97 Å². The Morgan fingerprint density at radius 3 is 2.42 bits per heavy atom. The lowest BCUT2D eigenvalue weighted by Crippen LogP contribution is -2.30. The molecule has 0 bridgehead atoms. The van der Waals surface area contributed by atoms with Crippen molar-refractivity contribution in [1.82, 2.24) is 5.32 Å². The maximum absolute atomic E-state index is 12.3. The molecule has 0 spiro atoms. The summed E-state index contributed by atoms with van der Waals surface area (Å²) in [6.45, 7) is 2.54. The van der Waals surface area contributed by atoms with Crippen molar-refractivity contribution in [2.45, 2.75) is 26.2 Å². The van der Waals surface area contributed by atoms with Crippen molar-refractivity contribution in [3.05, 3.63) is 29.8 Å². The van der Waals surface area contributed by atoms with Crippen LogP contribution in [-0.4, -0.2) is 42.6 Å². The second-order valence-electron chi connectivity index (χ2n) is 5.92. The number of nitrogens with one attached hydrogen (secondary N) is 2. The predicted molar refractivity (Wildman–Crippen MR) is 87.6 cm³/mol. The molecule has 0 radical (unpaired) electrons. The van der Waals surface area contributed by atoms with Crippen LogP contribution in [-0.2, 0) is 25.5 Å². The first-order valence-corrected chi connectivity index (χ1v) is 7.92. The molecule has 1 aromatic rings. The highest BCUT2D eigenvalue weighted by molar-refractivity contribution is 5.97. The van der Waals surface area contributed by atoms with Gasteiger partial charge in [-0.05, 0) is 37.5 Å². The zero-order chi connectivity index (χ0) is 17.6. The van der Waals surface area contributed by atoms with Crippen LogP contribution in [0.15, 0.2) is 24.3 Å². The normalized spacial score (nSPS) is 14.7. The van der Waals surface area contributed by atoms with Gasteiger partial charge in [-0.1, -0.05) is 12.1 Å². The van der Waals surface area contributed by atoms with E-state index in [1.165, 1.54) is 0 Å². The first kappa shape index (κ1) is 17.9. The first-order valence-electron chi connectivity index (χ1n) is 7.92. The Bertz CT molecular complexity index is 608. The molecule has 1 saturated carbocycles. The summed E-state index contributed by atoms with van der Waals surface area (Å²) in [5, 5.41) is 13.7. The van der Waals surface area contributed by atoms with E-state index in [9.17, 15) is 14.4 Å². The van der Waals surface area contributed by atoms with E-state index in [2.05, 4.69) is 10.6 Å². The minimum absolute atomic E-state index is 0.0390. The summed E-state index contributed by atoms with van der Waals surface area (Å²) in [5.41, 5.74) is 1.01. The monoisotopic (exact) mass is 334 g/mol. The molecule has 0 saturated heterocycles. The second kappa shape index (κ2) is 7.92. The van der Waals surface area contributed by atoms with Gasteiger partial charge < -0.3 is 20.5 Å². The molecule has 0 aliphatic heterocycles. The summed E-state index contributed by atoms with van der Waals surface area (Å²) in [7, 11) is 0. The van der Waals surface area contributed by atoms with Crippen molar-refractivity contribution < 1.29 is 24.2 Å². The minimum Gasteiger partial charge on any atom is -0.480 e. The van der Waals surface area contributed by atoms with Gasteiger partial charge in [-0.15, -0.1) is 0 Å². The van der Waals surface area contributed by atoms with Crippen molar-refractivity contribution >= 4 is 23.5 Å².